The molecule has 78 valence electrons. The van der Waals surface area contributed by atoms with Crippen molar-refractivity contribution in [3.05, 3.63) is 52.7 Å². The molecule has 1 aromatic heterocycles. The molecule has 1 aromatic carbocycles. The quantitative estimate of drug-likeness (QED) is 0.858. The maximum absolute atomic E-state index is 9.75. The Morgan fingerprint density at radius 3 is 2.67 bits per heavy atom. The minimum Gasteiger partial charge on any atom is -0.491 e. The fourth-order valence-corrected chi connectivity index (χ4v) is 1.96. The number of hydrogen-bond acceptors (Lipinski definition) is 3. The molecule has 1 unspecified atom stereocenters. The van der Waals surface area contributed by atoms with E-state index in [1.54, 1.807) is 11.3 Å². The van der Waals surface area contributed by atoms with Gasteiger partial charge in [0.15, 0.2) is 0 Å². The lowest BCUT2D eigenvalue weighted by atomic mass is 10.2. The molecule has 1 heterocycles. The number of ether oxygens (including phenoxy) is 1. The fraction of sp³-hybridized carbons (Fsp3) is 0.167. The Hall–Kier alpha value is -1.32. The maximum Gasteiger partial charge on any atom is 0.119 e. The van der Waals surface area contributed by atoms with Crippen LogP contribution in [0.4, 0.5) is 0 Å². The van der Waals surface area contributed by atoms with Crippen molar-refractivity contribution < 1.29 is 9.84 Å². The second kappa shape index (κ2) is 4.96. The molecule has 3 heteroatoms. The van der Waals surface area contributed by atoms with E-state index in [9.17, 15) is 5.11 Å². The molecule has 1 atom stereocenters. The van der Waals surface area contributed by atoms with Crippen LogP contribution in [0.2, 0.25) is 0 Å². The van der Waals surface area contributed by atoms with Gasteiger partial charge in [0.2, 0.25) is 0 Å². The molecule has 0 aliphatic heterocycles. The lowest BCUT2D eigenvalue weighted by Crippen LogP contribution is -2.08. The summed E-state index contributed by atoms with van der Waals surface area (Å²) in [5, 5.41) is 13.6. The van der Waals surface area contributed by atoms with Crippen LogP contribution in [0.25, 0.3) is 0 Å². The van der Waals surface area contributed by atoms with Gasteiger partial charge in [0.05, 0.1) is 0 Å². The molecule has 0 aliphatic carbocycles. The van der Waals surface area contributed by atoms with Crippen LogP contribution < -0.4 is 4.74 Å². The molecule has 0 radical (unpaired) electrons. The van der Waals surface area contributed by atoms with Crippen LogP contribution in [0.15, 0.2) is 47.2 Å². The van der Waals surface area contributed by atoms with Crippen LogP contribution in [0.1, 0.15) is 11.7 Å². The van der Waals surface area contributed by atoms with Gasteiger partial charge in [-0.15, -0.1) is 0 Å². The van der Waals surface area contributed by atoms with E-state index in [1.165, 1.54) is 0 Å². The Morgan fingerprint density at radius 1 is 1.20 bits per heavy atom. The van der Waals surface area contributed by atoms with Gasteiger partial charge in [-0.25, -0.2) is 0 Å². The first-order valence-corrected chi connectivity index (χ1v) is 5.68. The fourth-order valence-electron chi connectivity index (χ4n) is 1.25. The molecule has 2 rings (SSSR count). The van der Waals surface area contributed by atoms with Crippen LogP contribution in [0.5, 0.6) is 5.75 Å². The van der Waals surface area contributed by atoms with E-state index >= 15 is 0 Å². The highest BCUT2D eigenvalue weighted by molar-refractivity contribution is 7.07. The molecule has 15 heavy (non-hydrogen) atoms. The summed E-state index contributed by atoms with van der Waals surface area (Å²) in [7, 11) is 0. The molecule has 2 nitrogen and oxygen atoms in total. The summed E-state index contributed by atoms with van der Waals surface area (Å²) in [5.74, 6) is 0.784. The van der Waals surface area contributed by atoms with E-state index in [-0.39, 0.29) is 0 Å². The molecule has 0 amide bonds. The predicted octanol–water partition coefficient (Wildman–Crippen LogP) is 2.86. The molecular weight excluding hydrogens is 208 g/mol. The van der Waals surface area contributed by atoms with Crippen LogP contribution in [-0.2, 0) is 0 Å². The first kappa shape index (κ1) is 10.2. The van der Waals surface area contributed by atoms with Gasteiger partial charge < -0.3 is 9.84 Å². The van der Waals surface area contributed by atoms with Gasteiger partial charge in [0, 0.05) is 0 Å². The highest BCUT2D eigenvalue weighted by Gasteiger charge is 2.08. The Balaban J connectivity index is 1.89. The zero-order chi connectivity index (χ0) is 10.5. The molecular formula is C12H12O2S. The number of benzene rings is 1. The van der Waals surface area contributed by atoms with E-state index < -0.39 is 6.10 Å². The van der Waals surface area contributed by atoms with Gasteiger partial charge in [-0.3, -0.25) is 0 Å². The van der Waals surface area contributed by atoms with Crippen molar-refractivity contribution in [2.75, 3.05) is 6.61 Å². The molecule has 0 bridgehead atoms. The summed E-state index contributed by atoms with van der Waals surface area (Å²) >= 11 is 1.57. The highest BCUT2D eigenvalue weighted by atomic mass is 32.1. The minimum absolute atomic E-state index is 0.292. The van der Waals surface area contributed by atoms with Gasteiger partial charge in [-0.2, -0.15) is 11.3 Å². The minimum atomic E-state index is -0.545. The lowest BCUT2D eigenvalue weighted by molar-refractivity contribution is 0.108. The van der Waals surface area contributed by atoms with Crippen molar-refractivity contribution in [3.8, 4) is 5.75 Å². The van der Waals surface area contributed by atoms with Crippen LogP contribution in [0.3, 0.4) is 0 Å². The van der Waals surface area contributed by atoms with Crippen molar-refractivity contribution in [1.29, 1.82) is 0 Å². The van der Waals surface area contributed by atoms with E-state index in [0.29, 0.717) is 6.61 Å². The zero-order valence-electron chi connectivity index (χ0n) is 8.17. The normalized spacial score (nSPS) is 12.3. The lowest BCUT2D eigenvalue weighted by Gasteiger charge is -2.10. The van der Waals surface area contributed by atoms with Crippen LogP contribution in [-0.4, -0.2) is 11.7 Å². The molecule has 0 spiro atoms. The van der Waals surface area contributed by atoms with E-state index in [1.807, 2.05) is 47.2 Å². The van der Waals surface area contributed by atoms with Crippen molar-refractivity contribution in [3.63, 3.8) is 0 Å². The van der Waals surface area contributed by atoms with E-state index in [4.69, 9.17) is 4.74 Å². The van der Waals surface area contributed by atoms with Crippen molar-refractivity contribution in [2.45, 2.75) is 6.10 Å². The summed E-state index contributed by atoms with van der Waals surface area (Å²) in [5.41, 5.74) is 0.913. The van der Waals surface area contributed by atoms with Gasteiger partial charge in [-0.05, 0) is 34.5 Å². The Labute approximate surface area is 92.8 Å². The molecule has 1 N–H and O–H groups in total. The average Bonchev–Trinajstić information content (AvgIpc) is 2.81. The molecule has 0 fully saturated rings. The largest absolute Gasteiger partial charge is 0.491 e. The topological polar surface area (TPSA) is 29.5 Å². The second-order valence-electron chi connectivity index (χ2n) is 3.20. The Kier molecular flexibility index (Phi) is 3.37. The number of rotatable bonds is 4. The highest BCUT2D eigenvalue weighted by Crippen LogP contribution is 2.18. The third-order valence-electron chi connectivity index (χ3n) is 2.08. The summed E-state index contributed by atoms with van der Waals surface area (Å²) in [4.78, 5) is 0. The van der Waals surface area contributed by atoms with Gasteiger partial charge in [0.1, 0.15) is 18.5 Å². The predicted molar refractivity (Wildman–Crippen MR) is 61.2 cm³/mol. The number of aliphatic hydroxyl groups excluding tert-OH is 1. The van der Waals surface area contributed by atoms with Crippen molar-refractivity contribution >= 4 is 11.3 Å². The number of aliphatic hydroxyl groups is 1. The van der Waals surface area contributed by atoms with Crippen LogP contribution in [0, 0.1) is 0 Å². The van der Waals surface area contributed by atoms with Gasteiger partial charge in [0.25, 0.3) is 0 Å². The monoisotopic (exact) mass is 220 g/mol. The van der Waals surface area contributed by atoms with Crippen molar-refractivity contribution in [2.24, 2.45) is 0 Å². The summed E-state index contributed by atoms with van der Waals surface area (Å²) in [6.45, 7) is 0.292. The average molecular weight is 220 g/mol. The summed E-state index contributed by atoms with van der Waals surface area (Å²) in [6.07, 6.45) is -0.545. The van der Waals surface area contributed by atoms with Crippen LogP contribution >= 0.6 is 11.3 Å². The summed E-state index contributed by atoms with van der Waals surface area (Å²) < 4.78 is 5.45. The number of para-hydroxylation sites is 1. The van der Waals surface area contributed by atoms with E-state index in [0.717, 1.165) is 11.3 Å². The zero-order valence-corrected chi connectivity index (χ0v) is 8.98. The third kappa shape index (κ3) is 2.81. The first-order chi connectivity index (χ1) is 7.36. The molecule has 0 aliphatic rings. The molecule has 0 saturated heterocycles. The SMILES string of the molecule is OC(COc1ccccc1)c1ccsc1. The standard InChI is InChI=1S/C12H12O2S/c13-12(10-6-7-15-9-10)8-14-11-4-2-1-3-5-11/h1-7,9,12-13H,8H2. The Morgan fingerprint density at radius 2 is 2.00 bits per heavy atom. The Bertz CT molecular complexity index is 383. The van der Waals surface area contributed by atoms with E-state index in [2.05, 4.69) is 0 Å². The number of thiophene rings is 1. The van der Waals surface area contributed by atoms with Crippen molar-refractivity contribution in [1.82, 2.24) is 0 Å². The summed E-state index contributed by atoms with van der Waals surface area (Å²) in [6, 6.07) is 11.4. The maximum atomic E-state index is 9.75. The second-order valence-corrected chi connectivity index (χ2v) is 3.98. The first-order valence-electron chi connectivity index (χ1n) is 4.74. The molecule has 0 saturated carbocycles. The van der Waals surface area contributed by atoms with Gasteiger partial charge in [-0.1, -0.05) is 18.2 Å². The van der Waals surface area contributed by atoms with Gasteiger partial charge >= 0.3 is 0 Å². The third-order valence-corrected chi connectivity index (χ3v) is 2.78. The smallest absolute Gasteiger partial charge is 0.119 e. The molecule has 2 aromatic rings. The number of hydrogen-bond donors (Lipinski definition) is 1.